The van der Waals surface area contributed by atoms with Gasteiger partial charge in [-0.3, -0.25) is 4.79 Å². The predicted octanol–water partition coefficient (Wildman–Crippen LogP) is 4.45. The van der Waals surface area contributed by atoms with Gasteiger partial charge in [0, 0.05) is 12.6 Å². The monoisotopic (exact) mass is 518 g/mol. The number of nitrogens with zero attached hydrogens (tertiary/aromatic N) is 3. The number of carbonyl (C=O) groups is 1. The zero-order valence-corrected chi connectivity index (χ0v) is 19.1. The zero-order chi connectivity index (χ0) is 26.8. The predicted molar refractivity (Wildman–Crippen MR) is 115 cm³/mol. The molecule has 36 heavy (non-hydrogen) atoms. The molecule has 0 atom stereocenters. The maximum absolute atomic E-state index is 15.1. The molecular weight excluding hydrogens is 498 g/mol. The third-order valence-electron chi connectivity index (χ3n) is 4.60. The second-order valence-corrected chi connectivity index (χ2v) is 7.64. The Morgan fingerprint density at radius 2 is 1.75 bits per heavy atom. The van der Waals surface area contributed by atoms with Crippen molar-refractivity contribution in [2.45, 2.75) is 39.6 Å². The Kier molecular flexibility index (Phi) is 7.65. The van der Waals surface area contributed by atoms with Crippen LogP contribution in [0.4, 0.5) is 32.0 Å². The lowest BCUT2D eigenvalue weighted by Crippen LogP contribution is -2.25. The van der Waals surface area contributed by atoms with Gasteiger partial charge in [-0.05, 0) is 39.0 Å². The van der Waals surface area contributed by atoms with Crippen LogP contribution in [0.15, 0.2) is 35.1 Å². The van der Waals surface area contributed by atoms with Crippen LogP contribution < -0.4 is 20.5 Å². The maximum Gasteiger partial charge on any atom is 0.422 e. The quantitative estimate of drug-likeness (QED) is 0.446. The summed E-state index contributed by atoms with van der Waals surface area (Å²) in [4.78, 5) is 25.4. The molecule has 0 unspecified atom stereocenters. The first-order valence-corrected chi connectivity index (χ1v) is 10.5. The molecule has 8 nitrogen and oxygen atoms in total. The molecule has 0 bridgehead atoms. The molecule has 0 saturated heterocycles. The second kappa shape index (κ2) is 10.3. The summed E-state index contributed by atoms with van der Waals surface area (Å²) in [6.07, 6.45) is -5.26. The van der Waals surface area contributed by atoms with Crippen molar-refractivity contribution in [1.29, 1.82) is 0 Å². The van der Waals surface area contributed by atoms with Crippen LogP contribution in [-0.2, 0) is 6.54 Å². The van der Waals surface area contributed by atoms with Crippen LogP contribution >= 0.6 is 0 Å². The molecule has 3 aromatic rings. The van der Waals surface area contributed by atoms with Crippen LogP contribution in [0.5, 0.6) is 11.8 Å². The Hall–Kier alpha value is -3.97. The Labute approximate surface area is 200 Å². The number of ether oxygens (including phenoxy) is 2. The number of amides is 1. The number of rotatable bonds is 8. The number of anilines is 1. The maximum atomic E-state index is 15.1. The molecule has 0 saturated carbocycles. The molecule has 0 spiro atoms. The van der Waals surface area contributed by atoms with Gasteiger partial charge < -0.3 is 14.8 Å². The molecule has 0 radical (unpaired) electrons. The van der Waals surface area contributed by atoms with Crippen molar-refractivity contribution < 1.29 is 40.6 Å². The van der Waals surface area contributed by atoms with Crippen LogP contribution in [-0.4, -0.2) is 39.1 Å². The van der Waals surface area contributed by atoms with Crippen molar-refractivity contribution in [3.63, 3.8) is 0 Å². The average molecular weight is 518 g/mol. The molecule has 0 aliphatic carbocycles. The molecule has 1 N–H and O–H groups in total. The summed E-state index contributed by atoms with van der Waals surface area (Å²) in [7, 11) is 0. The standard InChI is InChI=1S/C22H20F6N4O4/c1-4-31-20(36-11(2)3)30-32(21(31)34)16-9-17(35-10-22(26,27)28)12(8-15(16)25)19(33)29-18-13(23)6-5-7-14(18)24/h5-9,11H,4,10H2,1-3H3,(H,29,33). The molecule has 1 heterocycles. The SMILES string of the molecule is CCn1c(OC(C)C)nn(-c2cc(OCC(F)(F)F)c(C(=O)Nc3c(F)cccc3F)cc2F)c1=O. The van der Waals surface area contributed by atoms with Gasteiger partial charge in [-0.25, -0.2) is 22.5 Å². The largest absolute Gasteiger partial charge is 0.483 e. The molecule has 194 valence electrons. The van der Waals surface area contributed by atoms with E-state index in [1.54, 1.807) is 20.8 Å². The molecule has 0 aliphatic rings. The van der Waals surface area contributed by atoms with Gasteiger partial charge in [0.15, 0.2) is 6.61 Å². The fourth-order valence-electron chi connectivity index (χ4n) is 3.06. The zero-order valence-electron chi connectivity index (χ0n) is 19.1. The van der Waals surface area contributed by atoms with Gasteiger partial charge in [0.1, 0.15) is 34.6 Å². The normalized spacial score (nSPS) is 11.6. The lowest BCUT2D eigenvalue weighted by molar-refractivity contribution is -0.153. The van der Waals surface area contributed by atoms with Gasteiger partial charge in [-0.1, -0.05) is 6.07 Å². The summed E-state index contributed by atoms with van der Waals surface area (Å²) in [6, 6.07) is 3.63. The smallest absolute Gasteiger partial charge is 0.422 e. The minimum absolute atomic E-state index is 0.0780. The Morgan fingerprint density at radius 1 is 1.11 bits per heavy atom. The molecule has 14 heteroatoms. The second-order valence-electron chi connectivity index (χ2n) is 7.64. The van der Waals surface area contributed by atoms with E-state index in [1.807, 2.05) is 5.32 Å². The minimum Gasteiger partial charge on any atom is -0.483 e. The Balaban J connectivity index is 2.12. The van der Waals surface area contributed by atoms with E-state index in [-0.39, 0.29) is 12.6 Å². The number of hydrogen-bond acceptors (Lipinski definition) is 5. The highest BCUT2D eigenvalue weighted by Crippen LogP contribution is 2.29. The van der Waals surface area contributed by atoms with Crippen molar-refractivity contribution >= 4 is 11.6 Å². The number of hydrogen-bond donors (Lipinski definition) is 1. The molecule has 3 rings (SSSR count). The van der Waals surface area contributed by atoms with Crippen molar-refractivity contribution in [2.75, 3.05) is 11.9 Å². The highest BCUT2D eigenvalue weighted by molar-refractivity contribution is 6.06. The topological polar surface area (TPSA) is 87.4 Å². The van der Waals surface area contributed by atoms with E-state index in [9.17, 15) is 31.5 Å². The third-order valence-corrected chi connectivity index (χ3v) is 4.60. The summed E-state index contributed by atoms with van der Waals surface area (Å²) < 4.78 is 93.1. The fraction of sp³-hybridized carbons (Fsp3) is 0.318. The molecule has 1 aromatic heterocycles. The summed E-state index contributed by atoms with van der Waals surface area (Å²) in [5.41, 5.74) is -3.24. The van der Waals surface area contributed by atoms with Crippen LogP contribution in [0.1, 0.15) is 31.1 Å². The van der Waals surface area contributed by atoms with Gasteiger partial charge in [0.25, 0.3) is 5.91 Å². The number of benzene rings is 2. The molecular formula is C22H20F6N4O4. The van der Waals surface area contributed by atoms with E-state index in [0.717, 1.165) is 22.8 Å². The Bertz CT molecular complexity index is 1310. The first kappa shape index (κ1) is 26.6. The fourth-order valence-corrected chi connectivity index (χ4v) is 3.06. The van der Waals surface area contributed by atoms with Crippen molar-refractivity contribution in [3.8, 4) is 17.4 Å². The summed E-state index contributed by atoms with van der Waals surface area (Å²) >= 11 is 0. The van der Waals surface area contributed by atoms with Crippen LogP contribution in [0.2, 0.25) is 0 Å². The molecule has 0 fully saturated rings. The lowest BCUT2D eigenvalue weighted by Gasteiger charge is -2.15. The first-order chi connectivity index (χ1) is 16.8. The Morgan fingerprint density at radius 3 is 2.31 bits per heavy atom. The summed E-state index contributed by atoms with van der Waals surface area (Å²) in [6.45, 7) is 3.09. The number of para-hydroxylation sites is 1. The molecule has 0 aliphatic heterocycles. The number of halogens is 6. The van der Waals surface area contributed by atoms with Crippen molar-refractivity contribution in [3.05, 3.63) is 63.8 Å². The van der Waals surface area contributed by atoms with Gasteiger partial charge in [0.05, 0.1) is 11.7 Å². The highest BCUT2D eigenvalue weighted by atomic mass is 19.4. The molecule has 2 aromatic carbocycles. The van der Waals surface area contributed by atoms with Crippen molar-refractivity contribution in [1.82, 2.24) is 14.3 Å². The lowest BCUT2D eigenvalue weighted by atomic mass is 10.1. The highest BCUT2D eigenvalue weighted by Gasteiger charge is 2.31. The van der Waals surface area contributed by atoms with Gasteiger partial charge in [-0.15, -0.1) is 5.10 Å². The van der Waals surface area contributed by atoms with Crippen LogP contribution in [0.25, 0.3) is 5.69 Å². The number of alkyl halides is 3. The van der Waals surface area contributed by atoms with Gasteiger partial charge >= 0.3 is 17.9 Å². The van der Waals surface area contributed by atoms with Crippen LogP contribution in [0.3, 0.4) is 0 Å². The number of carbonyl (C=O) groups excluding carboxylic acids is 1. The van der Waals surface area contributed by atoms with Gasteiger partial charge in [-0.2, -0.15) is 17.9 Å². The summed E-state index contributed by atoms with van der Waals surface area (Å²) in [5.74, 6) is -5.79. The average Bonchev–Trinajstić information content (AvgIpc) is 3.08. The van der Waals surface area contributed by atoms with Crippen molar-refractivity contribution in [2.24, 2.45) is 0 Å². The van der Waals surface area contributed by atoms with E-state index >= 15 is 4.39 Å². The van der Waals surface area contributed by atoms with E-state index in [4.69, 9.17) is 4.74 Å². The van der Waals surface area contributed by atoms with Crippen LogP contribution in [0, 0.1) is 17.5 Å². The first-order valence-electron chi connectivity index (χ1n) is 10.5. The van der Waals surface area contributed by atoms with E-state index in [1.165, 1.54) is 0 Å². The van der Waals surface area contributed by atoms with E-state index in [2.05, 4.69) is 9.84 Å². The van der Waals surface area contributed by atoms with Gasteiger partial charge in [0.2, 0.25) is 0 Å². The van der Waals surface area contributed by atoms with E-state index in [0.29, 0.717) is 16.8 Å². The number of nitrogens with one attached hydrogen (secondary N) is 1. The van der Waals surface area contributed by atoms with E-state index < -0.39 is 70.6 Å². The summed E-state index contributed by atoms with van der Waals surface area (Å²) in [5, 5.41) is 5.74. The number of aromatic nitrogens is 3. The minimum atomic E-state index is -4.85. The third kappa shape index (κ3) is 5.80. The molecule has 1 amide bonds.